The van der Waals surface area contributed by atoms with Gasteiger partial charge in [0.05, 0.1) is 16.7 Å². The zero-order valence-corrected chi connectivity index (χ0v) is 9.55. The predicted molar refractivity (Wildman–Crippen MR) is 72.6 cm³/mol. The smallest absolute Gasteiger partial charge is 0.306 e. The van der Waals surface area contributed by atoms with Crippen molar-refractivity contribution in [1.82, 2.24) is 9.97 Å². The first kappa shape index (κ1) is 10.5. The molecule has 2 N–H and O–H groups in total. The van der Waals surface area contributed by atoms with E-state index in [0.717, 1.165) is 22.3 Å². The van der Waals surface area contributed by atoms with Gasteiger partial charge in [-0.2, -0.15) is 0 Å². The third-order valence-corrected chi connectivity index (χ3v) is 2.66. The van der Waals surface area contributed by atoms with Crippen molar-refractivity contribution in [1.29, 1.82) is 0 Å². The number of hydrogen-bond acceptors (Lipinski definition) is 2. The van der Waals surface area contributed by atoms with E-state index in [1.54, 1.807) is 6.21 Å². The van der Waals surface area contributed by atoms with Crippen LogP contribution in [0.4, 0.5) is 5.69 Å². The number of aliphatic imine (C=N–C) groups is 1. The molecule has 0 saturated carbocycles. The Morgan fingerprint density at radius 2 is 1.72 bits per heavy atom. The Hall–Kier alpha value is -2.62. The van der Waals surface area contributed by atoms with Gasteiger partial charge >= 0.3 is 5.69 Å². The number of aromatic amines is 2. The summed E-state index contributed by atoms with van der Waals surface area (Å²) < 4.78 is 0. The Morgan fingerprint density at radius 1 is 0.944 bits per heavy atom. The van der Waals surface area contributed by atoms with Crippen LogP contribution < -0.4 is 5.69 Å². The minimum absolute atomic E-state index is 0.200. The number of imidazole rings is 1. The van der Waals surface area contributed by atoms with E-state index < -0.39 is 0 Å². The summed E-state index contributed by atoms with van der Waals surface area (Å²) >= 11 is 0. The highest BCUT2D eigenvalue weighted by atomic mass is 16.1. The van der Waals surface area contributed by atoms with E-state index in [0.29, 0.717) is 0 Å². The number of nitrogens with zero attached hydrogens (tertiary/aromatic N) is 1. The molecule has 0 radical (unpaired) electrons. The fraction of sp³-hybridized carbons (Fsp3) is 0. The van der Waals surface area contributed by atoms with E-state index in [2.05, 4.69) is 15.0 Å². The van der Waals surface area contributed by atoms with Crippen LogP contribution in [0.15, 0.2) is 58.3 Å². The summed E-state index contributed by atoms with van der Waals surface area (Å²) in [5, 5.41) is 0. The topological polar surface area (TPSA) is 61.0 Å². The average Bonchev–Trinajstić information content (AvgIpc) is 2.77. The van der Waals surface area contributed by atoms with Gasteiger partial charge in [-0.3, -0.25) is 4.99 Å². The first-order valence-electron chi connectivity index (χ1n) is 5.62. The molecule has 4 heteroatoms. The van der Waals surface area contributed by atoms with Gasteiger partial charge in [-0.25, -0.2) is 4.79 Å². The molecule has 0 aliphatic rings. The van der Waals surface area contributed by atoms with E-state index in [1.165, 1.54) is 0 Å². The fourth-order valence-electron chi connectivity index (χ4n) is 1.79. The fourth-order valence-corrected chi connectivity index (χ4v) is 1.79. The highest BCUT2D eigenvalue weighted by molar-refractivity contribution is 5.84. The lowest BCUT2D eigenvalue weighted by atomic mass is 10.2. The molecule has 4 nitrogen and oxygen atoms in total. The van der Waals surface area contributed by atoms with Crippen LogP contribution in [-0.4, -0.2) is 16.2 Å². The molecule has 0 amide bonds. The van der Waals surface area contributed by atoms with Crippen LogP contribution in [0, 0.1) is 0 Å². The Labute approximate surface area is 103 Å². The third-order valence-electron chi connectivity index (χ3n) is 2.66. The Balaban J connectivity index is 1.95. The molecule has 0 bridgehead atoms. The van der Waals surface area contributed by atoms with Crippen LogP contribution in [0.2, 0.25) is 0 Å². The van der Waals surface area contributed by atoms with E-state index in [9.17, 15) is 4.79 Å². The third kappa shape index (κ3) is 2.08. The van der Waals surface area contributed by atoms with Gasteiger partial charge < -0.3 is 9.97 Å². The number of H-pyrrole nitrogens is 2. The zero-order valence-electron chi connectivity index (χ0n) is 9.55. The van der Waals surface area contributed by atoms with E-state index in [1.807, 2.05) is 48.5 Å². The molecular formula is C14H11N3O. The summed E-state index contributed by atoms with van der Waals surface area (Å²) in [5.74, 6) is 0. The highest BCUT2D eigenvalue weighted by Crippen LogP contribution is 2.17. The van der Waals surface area contributed by atoms with Crippen molar-refractivity contribution in [3.63, 3.8) is 0 Å². The van der Waals surface area contributed by atoms with Crippen molar-refractivity contribution in [2.45, 2.75) is 0 Å². The van der Waals surface area contributed by atoms with Crippen LogP contribution in [0.3, 0.4) is 0 Å². The maximum absolute atomic E-state index is 11.1. The number of benzene rings is 2. The lowest BCUT2D eigenvalue weighted by Gasteiger charge is -1.94. The monoisotopic (exact) mass is 237 g/mol. The summed E-state index contributed by atoms with van der Waals surface area (Å²) in [5.41, 5.74) is 3.21. The molecule has 88 valence electrons. The second-order valence-electron chi connectivity index (χ2n) is 3.98. The molecule has 0 fully saturated rings. The summed E-state index contributed by atoms with van der Waals surface area (Å²) in [6.07, 6.45) is 1.80. The average molecular weight is 237 g/mol. The number of aromatic nitrogens is 2. The molecule has 18 heavy (non-hydrogen) atoms. The van der Waals surface area contributed by atoms with Crippen molar-refractivity contribution < 1.29 is 0 Å². The lowest BCUT2D eigenvalue weighted by molar-refractivity contribution is 1.21. The Kier molecular flexibility index (Phi) is 2.53. The molecule has 3 aromatic rings. The van der Waals surface area contributed by atoms with Crippen molar-refractivity contribution >= 4 is 22.9 Å². The highest BCUT2D eigenvalue weighted by Gasteiger charge is 1.98. The summed E-state index contributed by atoms with van der Waals surface area (Å²) in [6.45, 7) is 0. The SMILES string of the molecule is O=c1[nH]c2ccc(/N=C/c3ccccc3)cc2[nH]1. The van der Waals surface area contributed by atoms with Crippen molar-refractivity contribution in [3.8, 4) is 0 Å². The molecule has 0 aliphatic carbocycles. The standard InChI is InChI=1S/C14H11N3O/c18-14-16-12-7-6-11(8-13(12)17-14)15-9-10-4-2-1-3-5-10/h1-9H,(H2,16,17,18)/b15-9+. The molecule has 0 unspecified atom stereocenters. The van der Waals surface area contributed by atoms with Crippen LogP contribution in [0.5, 0.6) is 0 Å². The molecule has 1 heterocycles. The Morgan fingerprint density at radius 3 is 2.56 bits per heavy atom. The van der Waals surface area contributed by atoms with Crippen LogP contribution in [0.25, 0.3) is 11.0 Å². The number of hydrogen-bond donors (Lipinski definition) is 2. The first-order chi connectivity index (χ1) is 8.81. The van der Waals surface area contributed by atoms with Crippen LogP contribution in [-0.2, 0) is 0 Å². The van der Waals surface area contributed by atoms with Crippen molar-refractivity contribution in [2.24, 2.45) is 4.99 Å². The summed E-state index contributed by atoms with van der Waals surface area (Å²) in [7, 11) is 0. The molecule has 2 aromatic carbocycles. The van der Waals surface area contributed by atoms with Gasteiger partial charge in [0.1, 0.15) is 0 Å². The zero-order chi connectivity index (χ0) is 12.4. The minimum atomic E-state index is -0.200. The molecule has 3 rings (SSSR count). The number of rotatable bonds is 2. The number of fused-ring (bicyclic) bond motifs is 1. The van der Waals surface area contributed by atoms with Gasteiger partial charge in [-0.1, -0.05) is 30.3 Å². The maximum Gasteiger partial charge on any atom is 0.323 e. The first-order valence-corrected chi connectivity index (χ1v) is 5.62. The minimum Gasteiger partial charge on any atom is -0.306 e. The number of nitrogens with one attached hydrogen (secondary N) is 2. The second-order valence-corrected chi connectivity index (χ2v) is 3.98. The lowest BCUT2D eigenvalue weighted by Crippen LogP contribution is -1.99. The van der Waals surface area contributed by atoms with E-state index in [-0.39, 0.29) is 5.69 Å². The van der Waals surface area contributed by atoms with Gasteiger partial charge in [0, 0.05) is 6.21 Å². The van der Waals surface area contributed by atoms with E-state index in [4.69, 9.17) is 0 Å². The normalized spacial score (nSPS) is 11.3. The molecule has 0 saturated heterocycles. The maximum atomic E-state index is 11.1. The molecule has 0 spiro atoms. The van der Waals surface area contributed by atoms with Gasteiger partial charge in [0.15, 0.2) is 0 Å². The molecule has 1 aromatic heterocycles. The Bertz CT molecular complexity index is 753. The molecule has 0 atom stereocenters. The van der Waals surface area contributed by atoms with Gasteiger partial charge in [-0.15, -0.1) is 0 Å². The summed E-state index contributed by atoms with van der Waals surface area (Å²) in [4.78, 5) is 20.9. The second kappa shape index (κ2) is 4.33. The van der Waals surface area contributed by atoms with Gasteiger partial charge in [0.25, 0.3) is 0 Å². The van der Waals surface area contributed by atoms with Crippen molar-refractivity contribution in [3.05, 3.63) is 64.6 Å². The quantitative estimate of drug-likeness (QED) is 0.661. The van der Waals surface area contributed by atoms with Gasteiger partial charge in [-0.05, 0) is 23.8 Å². The largest absolute Gasteiger partial charge is 0.323 e. The van der Waals surface area contributed by atoms with Gasteiger partial charge in [0.2, 0.25) is 0 Å². The van der Waals surface area contributed by atoms with Crippen LogP contribution >= 0.6 is 0 Å². The van der Waals surface area contributed by atoms with Crippen LogP contribution in [0.1, 0.15) is 5.56 Å². The molecular weight excluding hydrogens is 226 g/mol. The van der Waals surface area contributed by atoms with E-state index >= 15 is 0 Å². The predicted octanol–water partition coefficient (Wildman–Crippen LogP) is 2.61. The summed E-state index contributed by atoms with van der Waals surface area (Å²) in [6, 6.07) is 15.4. The molecule has 0 aliphatic heterocycles. The van der Waals surface area contributed by atoms with Crippen molar-refractivity contribution in [2.75, 3.05) is 0 Å².